The fourth-order valence-electron chi connectivity index (χ4n) is 0.175. The fourth-order valence-corrected chi connectivity index (χ4v) is 0.175. The molecule has 3 heteroatoms. The lowest BCUT2D eigenvalue weighted by atomic mass is 10.5. The molecule has 0 aliphatic rings. The number of carbonyl (C=O) groups is 1. The normalized spacial score (nSPS) is 10.9. The monoisotopic (exact) mass is 116 g/mol. The molecule has 0 fully saturated rings. The van der Waals surface area contributed by atoms with Crippen LogP contribution in [0.1, 0.15) is 0 Å². The maximum Gasteiger partial charge on any atom is 0.364 e. The van der Waals surface area contributed by atoms with Gasteiger partial charge in [0.25, 0.3) is 0 Å². The van der Waals surface area contributed by atoms with Gasteiger partial charge in [-0.05, 0) is 6.08 Å². The molecule has 0 aromatic carbocycles. The number of allylic oxidation sites excluding steroid dienone is 2. The van der Waals surface area contributed by atoms with E-state index in [9.17, 15) is 9.18 Å². The van der Waals surface area contributed by atoms with E-state index in [-0.39, 0.29) is 0 Å². The summed E-state index contributed by atoms with van der Waals surface area (Å²) in [4.78, 5) is 9.60. The highest BCUT2D eigenvalue weighted by Crippen LogP contribution is 1.93. The molecule has 0 aliphatic heterocycles. The molecular formula is C5H5FO2. The van der Waals surface area contributed by atoms with Crippen LogP contribution < -0.4 is 0 Å². The number of carboxylic acids is 1. The van der Waals surface area contributed by atoms with E-state index >= 15 is 0 Å². The van der Waals surface area contributed by atoms with E-state index in [0.29, 0.717) is 0 Å². The van der Waals surface area contributed by atoms with Crippen LogP contribution in [0, 0.1) is 0 Å². The van der Waals surface area contributed by atoms with Crippen molar-refractivity contribution in [2.75, 3.05) is 0 Å². The lowest BCUT2D eigenvalue weighted by Gasteiger charge is -1.80. The Labute approximate surface area is 45.9 Å². The quantitative estimate of drug-likeness (QED) is 0.433. The minimum atomic E-state index is -1.56. The lowest BCUT2D eigenvalue weighted by molar-refractivity contribution is -0.134. The molecule has 0 radical (unpaired) electrons. The molecule has 0 unspecified atom stereocenters. The van der Waals surface area contributed by atoms with Crippen molar-refractivity contribution in [3.05, 3.63) is 24.6 Å². The van der Waals surface area contributed by atoms with Crippen molar-refractivity contribution < 1.29 is 14.3 Å². The van der Waals surface area contributed by atoms with E-state index in [1.165, 1.54) is 0 Å². The second-order valence-corrected chi connectivity index (χ2v) is 1.06. The first kappa shape index (κ1) is 6.88. The highest BCUT2D eigenvalue weighted by molar-refractivity contribution is 5.84. The number of carboxylic acid groups (broad SMARTS) is 1. The molecule has 44 valence electrons. The van der Waals surface area contributed by atoms with Gasteiger partial charge in [-0.3, -0.25) is 0 Å². The van der Waals surface area contributed by atoms with Crippen LogP contribution in [0.4, 0.5) is 4.39 Å². The summed E-state index contributed by atoms with van der Waals surface area (Å²) in [6, 6.07) is 0. The van der Waals surface area contributed by atoms with Gasteiger partial charge in [0, 0.05) is 0 Å². The SMILES string of the molecule is C=C/C=C(/F)C(=O)O. The number of aliphatic carboxylic acids is 1. The summed E-state index contributed by atoms with van der Waals surface area (Å²) in [5, 5.41) is 7.82. The molecule has 0 aromatic heterocycles. The minimum Gasteiger partial charge on any atom is -0.476 e. The average molecular weight is 116 g/mol. The Morgan fingerprint density at radius 3 is 2.38 bits per heavy atom. The molecule has 2 nitrogen and oxygen atoms in total. The Kier molecular flexibility index (Phi) is 2.54. The van der Waals surface area contributed by atoms with Crippen LogP contribution in [0.25, 0.3) is 0 Å². The second-order valence-electron chi connectivity index (χ2n) is 1.06. The van der Waals surface area contributed by atoms with Gasteiger partial charge in [0.1, 0.15) is 0 Å². The Balaban J connectivity index is 3.99. The fraction of sp³-hybridized carbons (Fsp3) is 0. The summed E-state index contributed by atoms with van der Waals surface area (Å²) >= 11 is 0. The van der Waals surface area contributed by atoms with E-state index in [4.69, 9.17) is 5.11 Å². The van der Waals surface area contributed by atoms with Crippen molar-refractivity contribution in [2.24, 2.45) is 0 Å². The predicted molar refractivity (Wildman–Crippen MR) is 27.0 cm³/mol. The van der Waals surface area contributed by atoms with Crippen molar-refractivity contribution in [3.8, 4) is 0 Å². The summed E-state index contributed by atoms with van der Waals surface area (Å²) in [5.41, 5.74) is 0. The molecule has 8 heavy (non-hydrogen) atoms. The van der Waals surface area contributed by atoms with Crippen LogP contribution in [0.5, 0.6) is 0 Å². The molecule has 0 amide bonds. The standard InChI is InChI=1S/C5H5FO2/c1-2-3-4(6)5(7)8/h2-3H,1H2,(H,7,8)/b4-3+. The number of rotatable bonds is 2. The van der Waals surface area contributed by atoms with Gasteiger partial charge in [-0.2, -0.15) is 4.39 Å². The van der Waals surface area contributed by atoms with Crippen LogP contribution >= 0.6 is 0 Å². The maximum absolute atomic E-state index is 11.7. The van der Waals surface area contributed by atoms with Crippen molar-refractivity contribution in [3.63, 3.8) is 0 Å². The minimum absolute atomic E-state index is 0.780. The van der Waals surface area contributed by atoms with Crippen molar-refractivity contribution in [1.29, 1.82) is 0 Å². The molecule has 0 saturated heterocycles. The van der Waals surface area contributed by atoms with Gasteiger partial charge in [0.2, 0.25) is 5.83 Å². The molecule has 1 N–H and O–H groups in total. The predicted octanol–water partition coefficient (Wildman–Crippen LogP) is 1.11. The van der Waals surface area contributed by atoms with E-state index in [1.54, 1.807) is 0 Å². The van der Waals surface area contributed by atoms with E-state index in [2.05, 4.69) is 6.58 Å². The van der Waals surface area contributed by atoms with E-state index < -0.39 is 11.8 Å². The largest absolute Gasteiger partial charge is 0.476 e. The summed E-state index contributed by atoms with van der Waals surface area (Å²) in [6.07, 6.45) is 1.85. The first-order valence-electron chi connectivity index (χ1n) is 1.90. The summed E-state index contributed by atoms with van der Waals surface area (Å²) in [5.74, 6) is -2.76. The number of hydrogen-bond donors (Lipinski definition) is 1. The molecule has 0 bridgehead atoms. The van der Waals surface area contributed by atoms with E-state index in [1.807, 2.05) is 0 Å². The van der Waals surface area contributed by atoms with Crippen molar-refractivity contribution in [2.45, 2.75) is 0 Å². The van der Waals surface area contributed by atoms with Crippen LogP contribution in [0.15, 0.2) is 24.6 Å². The van der Waals surface area contributed by atoms with E-state index in [0.717, 1.165) is 12.2 Å². The van der Waals surface area contributed by atoms with Gasteiger partial charge in [0.05, 0.1) is 0 Å². The average Bonchev–Trinajstić information content (AvgIpc) is 1.67. The lowest BCUT2D eigenvalue weighted by Crippen LogP contribution is -1.92. The zero-order chi connectivity index (χ0) is 6.57. The highest BCUT2D eigenvalue weighted by atomic mass is 19.1. The van der Waals surface area contributed by atoms with Crippen LogP contribution in [0.2, 0.25) is 0 Å². The van der Waals surface area contributed by atoms with Gasteiger partial charge in [0.15, 0.2) is 0 Å². The zero-order valence-electron chi connectivity index (χ0n) is 4.10. The van der Waals surface area contributed by atoms with Gasteiger partial charge in [-0.1, -0.05) is 12.7 Å². The molecular weight excluding hydrogens is 111 g/mol. The maximum atomic E-state index is 11.7. The zero-order valence-corrected chi connectivity index (χ0v) is 4.10. The van der Waals surface area contributed by atoms with Crippen molar-refractivity contribution >= 4 is 5.97 Å². The Morgan fingerprint density at radius 2 is 2.25 bits per heavy atom. The van der Waals surface area contributed by atoms with Crippen LogP contribution in [-0.2, 0) is 4.79 Å². The van der Waals surface area contributed by atoms with Crippen LogP contribution in [0.3, 0.4) is 0 Å². The third kappa shape index (κ3) is 2.12. The molecule has 0 atom stereocenters. The molecule has 0 spiro atoms. The van der Waals surface area contributed by atoms with Gasteiger partial charge < -0.3 is 5.11 Å². The molecule has 0 aliphatic carbocycles. The Bertz CT molecular complexity index is 137. The van der Waals surface area contributed by atoms with Crippen LogP contribution in [-0.4, -0.2) is 11.1 Å². The van der Waals surface area contributed by atoms with Gasteiger partial charge in [-0.25, -0.2) is 4.79 Å². The summed E-state index contributed by atoms with van der Waals surface area (Å²) in [7, 11) is 0. The topological polar surface area (TPSA) is 37.3 Å². The molecule has 0 aromatic rings. The van der Waals surface area contributed by atoms with Gasteiger partial charge >= 0.3 is 5.97 Å². The molecule has 0 heterocycles. The number of hydrogen-bond acceptors (Lipinski definition) is 1. The number of halogens is 1. The summed E-state index contributed by atoms with van der Waals surface area (Å²) in [6.45, 7) is 3.10. The first-order valence-corrected chi connectivity index (χ1v) is 1.90. The van der Waals surface area contributed by atoms with Gasteiger partial charge in [-0.15, -0.1) is 0 Å². The third-order valence-corrected chi connectivity index (χ3v) is 0.468. The first-order chi connectivity index (χ1) is 3.68. The second kappa shape index (κ2) is 2.96. The smallest absolute Gasteiger partial charge is 0.364 e. The Morgan fingerprint density at radius 1 is 1.75 bits per heavy atom. The summed E-state index contributed by atoms with van der Waals surface area (Å²) < 4.78 is 11.7. The third-order valence-electron chi connectivity index (χ3n) is 0.468. The molecule has 0 rings (SSSR count). The molecule has 0 saturated carbocycles. The Hall–Kier alpha value is -1.12. The van der Waals surface area contributed by atoms with Crippen molar-refractivity contribution in [1.82, 2.24) is 0 Å². The highest BCUT2D eigenvalue weighted by Gasteiger charge is 2.00.